The molecule has 24 heavy (non-hydrogen) atoms. The summed E-state index contributed by atoms with van der Waals surface area (Å²) >= 11 is 1.51. The summed E-state index contributed by atoms with van der Waals surface area (Å²) in [6.45, 7) is 4.93. The number of piperidine rings is 1. The SMILES string of the molecule is COc1ccccc1N(C(C)=O)c1nc(C[NH+]2CCCCC2)cs1. The van der Waals surface area contributed by atoms with Crippen LogP contribution in [0.4, 0.5) is 10.8 Å². The number of nitrogens with one attached hydrogen (secondary N) is 1. The van der Waals surface area contributed by atoms with Crippen LogP contribution in [0.5, 0.6) is 5.75 Å². The zero-order valence-corrected chi connectivity index (χ0v) is 15.1. The van der Waals surface area contributed by atoms with Crippen molar-refractivity contribution < 1.29 is 14.4 Å². The zero-order valence-electron chi connectivity index (χ0n) is 14.2. The second-order valence-corrected chi connectivity index (χ2v) is 6.97. The van der Waals surface area contributed by atoms with Gasteiger partial charge in [0.15, 0.2) is 5.13 Å². The molecule has 0 spiro atoms. The average molecular weight is 346 g/mol. The van der Waals surface area contributed by atoms with E-state index in [0.717, 1.165) is 17.9 Å². The van der Waals surface area contributed by atoms with Gasteiger partial charge in [-0.1, -0.05) is 12.1 Å². The number of carbonyl (C=O) groups is 1. The van der Waals surface area contributed by atoms with Gasteiger partial charge in [0.1, 0.15) is 18.0 Å². The molecule has 0 radical (unpaired) electrons. The number of methoxy groups -OCH3 is 1. The molecule has 1 fully saturated rings. The van der Waals surface area contributed by atoms with E-state index in [4.69, 9.17) is 9.72 Å². The Morgan fingerprint density at radius 1 is 1.29 bits per heavy atom. The highest BCUT2D eigenvalue weighted by molar-refractivity contribution is 7.14. The number of amides is 1. The Morgan fingerprint density at radius 2 is 2.04 bits per heavy atom. The number of carbonyl (C=O) groups excluding carboxylic acids is 1. The van der Waals surface area contributed by atoms with Crippen LogP contribution in [0.3, 0.4) is 0 Å². The molecule has 6 heteroatoms. The zero-order chi connectivity index (χ0) is 16.9. The molecular weight excluding hydrogens is 322 g/mol. The quantitative estimate of drug-likeness (QED) is 0.904. The topological polar surface area (TPSA) is 46.9 Å². The second kappa shape index (κ2) is 7.77. The Hall–Kier alpha value is -1.92. The van der Waals surface area contributed by atoms with Crippen LogP contribution >= 0.6 is 11.3 Å². The van der Waals surface area contributed by atoms with Crippen LogP contribution in [0.25, 0.3) is 0 Å². The molecule has 1 aromatic carbocycles. The van der Waals surface area contributed by atoms with Gasteiger partial charge in [-0.2, -0.15) is 0 Å². The van der Waals surface area contributed by atoms with E-state index in [1.54, 1.807) is 23.8 Å². The number of thiazole rings is 1. The van der Waals surface area contributed by atoms with Crippen LogP contribution in [-0.4, -0.2) is 31.1 Å². The Morgan fingerprint density at radius 3 is 2.75 bits per heavy atom. The average Bonchev–Trinajstić information content (AvgIpc) is 3.04. The molecule has 0 bridgehead atoms. The van der Waals surface area contributed by atoms with E-state index in [9.17, 15) is 4.79 Å². The Balaban J connectivity index is 1.83. The predicted octanol–water partition coefficient (Wildman–Crippen LogP) is 2.41. The van der Waals surface area contributed by atoms with Gasteiger partial charge in [-0.3, -0.25) is 9.69 Å². The van der Waals surface area contributed by atoms with E-state index in [2.05, 4.69) is 5.38 Å². The fourth-order valence-electron chi connectivity index (χ4n) is 3.19. The van der Waals surface area contributed by atoms with Crippen molar-refractivity contribution in [2.75, 3.05) is 25.1 Å². The van der Waals surface area contributed by atoms with Crippen LogP contribution in [0.1, 0.15) is 31.9 Å². The molecule has 1 amide bonds. The van der Waals surface area contributed by atoms with Crippen molar-refractivity contribution >= 4 is 28.1 Å². The molecule has 3 rings (SSSR count). The number of quaternary nitrogens is 1. The third-order valence-corrected chi connectivity index (χ3v) is 5.24. The van der Waals surface area contributed by atoms with Crippen molar-refractivity contribution in [1.82, 2.24) is 4.98 Å². The monoisotopic (exact) mass is 346 g/mol. The molecule has 2 heterocycles. The van der Waals surface area contributed by atoms with Crippen LogP contribution in [0.2, 0.25) is 0 Å². The number of rotatable bonds is 5. The lowest BCUT2D eigenvalue weighted by atomic mass is 10.1. The number of hydrogen-bond donors (Lipinski definition) is 1. The lowest BCUT2D eigenvalue weighted by molar-refractivity contribution is -0.918. The number of anilines is 2. The minimum Gasteiger partial charge on any atom is -0.495 e. The van der Waals surface area contributed by atoms with Crippen LogP contribution in [0.15, 0.2) is 29.6 Å². The van der Waals surface area contributed by atoms with Gasteiger partial charge in [-0.05, 0) is 31.4 Å². The molecule has 1 aliphatic heterocycles. The van der Waals surface area contributed by atoms with E-state index < -0.39 is 0 Å². The van der Waals surface area contributed by atoms with Crippen molar-refractivity contribution in [3.8, 4) is 5.75 Å². The summed E-state index contributed by atoms with van der Waals surface area (Å²) in [6.07, 6.45) is 3.94. The number of ether oxygens (including phenoxy) is 1. The minimum atomic E-state index is -0.0641. The maximum atomic E-state index is 12.2. The maximum absolute atomic E-state index is 12.2. The minimum absolute atomic E-state index is 0.0641. The third-order valence-electron chi connectivity index (χ3n) is 4.36. The van der Waals surface area contributed by atoms with E-state index >= 15 is 0 Å². The number of para-hydroxylation sites is 2. The molecule has 0 saturated carbocycles. The van der Waals surface area contributed by atoms with Crippen LogP contribution < -0.4 is 14.5 Å². The molecule has 1 aliphatic rings. The lowest BCUT2D eigenvalue weighted by Crippen LogP contribution is -3.11. The third kappa shape index (κ3) is 3.76. The van der Waals surface area contributed by atoms with Crippen LogP contribution in [0, 0.1) is 0 Å². The largest absolute Gasteiger partial charge is 0.495 e. The van der Waals surface area contributed by atoms with E-state index in [1.807, 2.05) is 24.3 Å². The number of hydrogen-bond acceptors (Lipinski definition) is 4. The summed E-state index contributed by atoms with van der Waals surface area (Å²) in [6, 6.07) is 7.54. The van der Waals surface area contributed by atoms with E-state index in [1.165, 1.54) is 43.7 Å². The Labute approximate surface area is 146 Å². The van der Waals surface area contributed by atoms with Crippen molar-refractivity contribution in [2.45, 2.75) is 32.7 Å². The van der Waals surface area contributed by atoms with Gasteiger partial charge in [-0.25, -0.2) is 4.98 Å². The number of likely N-dealkylation sites (tertiary alicyclic amines) is 1. The first-order chi connectivity index (χ1) is 11.7. The number of aromatic nitrogens is 1. The summed E-state index contributed by atoms with van der Waals surface area (Å²) < 4.78 is 5.41. The molecule has 128 valence electrons. The van der Waals surface area contributed by atoms with Gasteiger partial charge in [0.2, 0.25) is 5.91 Å². The molecule has 5 nitrogen and oxygen atoms in total. The Kier molecular flexibility index (Phi) is 5.48. The standard InChI is InChI=1S/C18H23N3O2S/c1-14(22)21(16-8-4-5-9-17(16)23-2)18-19-15(13-24-18)12-20-10-6-3-7-11-20/h4-5,8-9,13H,3,6-7,10-12H2,1-2H3/p+1. The summed E-state index contributed by atoms with van der Waals surface area (Å²) in [7, 11) is 1.62. The van der Waals surface area contributed by atoms with Crippen LogP contribution in [-0.2, 0) is 11.3 Å². The van der Waals surface area contributed by atoms with E-state index in [-0.39, 0.29) is 5.91 Å². The van der Waals surface area contributed by atoms with Crippen molar-refractivity contribution in [2.24, 2.45) is 0 Å². The van der Waals surface area contributed by atoms with Gasteiger partial charge >= 0.3 is 0 Å². The first-order valence-electron chi connectivity index (χ1n) is 8.40. The highest BCUT2D eigenvalue weighted by Gasteiger charge is 2.22. The molecule has 1 saturated heterocycles. The van der Waals surface area contributed by atoms with Gasteiger partial charge < -0.3 is 9.64 Å². The fraction of sp³-hybridized carbons (Fsp3) is 0.444. The molecule has 0 atom stereocenters. The molecular formula is C18H24N3O2S+. The fourth-order valence-corrected chi connectivity index (χ4v) is 4.07. The van der Waals surface area contributed by atoms with Gasteiger partial charge in [0.05, 0.1) is 25.9 Å². The first-order valence-corrected chi connectivity index (χ1v) is 9.28. The predicted molar refractivity (Wildman–Crippen MR) is 96.2 cm³/mol. The lowest BCUT2D eigenvalue weighted by Gasteiger charge is -2.22. The van der Waals surface area contributed by atoms with Gasteiger partial charge in [-0.15, -0.1) is 11.3 Å². The molecule has 2 aromatic rings. The molecule has 1 N–H and O–H groups in total. The summed E-state index contributed by atoms with van der Waals surface area (Å²) in [5.74, 6) is 0.608. The summed E-state index contributed by atoms with van der Waals surface area (Å²) in [5, 5.41) is 2.78. The molecule has 1 aromatic heterocycles. The van der Waals surface area contributed by atoms with E-state index in [0.29, 0.717) is 10.9 Å². The summed E-state index contributed by atoms with van der Waals surface area (Å²) in [4.78, 5) is 20.2. The highest BCUT2D eigenvalue weighted by atomic mass is 32.1. The number of benzene rings is 1. The van der Waals surface area contributed by atoms with Crippen molar-refractivity contribution in [3.63, 3.8) is 0 Å². The molecule has 0 aliphatic carbocycles. The van der Waals surface area contributed by atoms with Gasteiger partial charge in [0, 0.05) is 12.3 Å². The van der Waals surface area contributed by atoms with Gasteiger partial charge in [0.25, 0.3) is 0 Å². The van der Waals surface area contributed by atoms with Crippen molar-refractivity contribution in [3.05, 3.63) is 35.3 Å². The smallest absolute Gasteiger partial charge is 0.230 e. The number of nitrogens with zero attached hydrogens (tertiary/aromatic N) is 2. The summed E-state index contributed by atoms with van der Waals surface area (Å²) in [5.41, 5.74) is 1.80. The highest BCUT2D eigenvalue weighted by Crippen LogP contribution is 2.35. The second-order valence-electron chi connectivity index (χ2n) is 6.14. The first kappa shape index (κ1) is 16.9. The Bertz CT molecular complexity index is 695. The maximum Gasteiger partial charge on any atom is 0.230 e. The normalized spacial score (nSPS) is 15.2. The van der Waals surface area contributed by atoms with Crippen molar-refractivity contribution in [1.29, 1.82) is 0 Å². The molecule has 0 unspecified atom stereocenters.